The average Bonchev–Trinajstić information content (AvgIpc) is 2.82. The van der Waals surface area contributed by atoms with Gasteiger partial charge in [-0.2, -0.15) is 13.2 Å². The van der Waals surface area contributed by atoms with Crippen LogP contribution in [0.3, 0.4) is 0 Å². The minimum Gasteiger partial charge on any atom is -0.494 e. The van der Waals surface area contributed by atoms with Gasteiger partial charge in [-0.1, -0.05) is 76.1 Å². The van der Waals surface area contributed by atoms with Gasteiger partial charge < -0.3 is 15.2 Å². The van der Waals surface area contributed by atoms with Gasteiger partial charge in [0.1, 0.15) is 5.75 Å². The number of hydrogen-bond acceptors (Lipinski definition) is 3. The van der Waals surface area contributed by atoms with Gasteiger partial charge in [0.15, 0.2) is 0 Å². The van der Waals surface area contributed by atoms with E-state index in [1.54, 1.807) is 0 Å². The predicted octanol–water partition coefficient (Wildman–Crippen LogP) is 7.48. The van der Waals surface area contributed by atoms with E-state index in [0.29, 0.717) is 0 Å². The summed E-state index contributed by atoms with van der Waals surface area (Å²) < 4.78 is 44.5. The lowest BCUT2D eigenvalue weighted by atomic mass is 10.0. The molecule has 2 atom stereocenters. The summed E-state index contributed by atoms with van der Waals surface area (Å²) in [6, 6.07) is 12.9. The molecule has 0 saturated carbocycles. The van der Waals surface area contributed by atoms with Crippen molar-refractivity contribution in [3.8, 4) is 5.75 Å². The fourth-order valence-corrected chi connectivity index (χ4v) is 3.93. The van der Waals surface area contributed by atoms with E-state index in [1.165, 1.54) is 57.1 Å². The van der Waals surface area contributed by atoms with E-state index in [0.717, 1.165) is 42.9 Å². The van der Waals surface area contributed by atoms with Crippen LogP contribution in [-0.4, -0.2) is 24.3 Å². The summed E-state index contributed by atoms with van der Waals surface area (Å²) >= 11 is 0. The van der Waals surface area contributed by atoms with Crippen LogP contribution in [0.5, 0.6) is 5.75 Å². The Labute approximate surface area is 202 Å². The molecule has 2 aromatic carbocycles. The van der Waals surface area contributed by atoms with Crippen molar-refractivity contribution in [2.45, 2.75) is 90.0 Å². The maximum Gasteiger partial charge on any atom is 0.416 e. The Balaban J connectivity index is 1.65. The van der Waals surface area contributed by atoms with Crippen molar-refractivity contribution in [2.24, 2.45) is 0 Å². The van der Waals surface area contributed by atoms with Gasteiger partial charge in [0.25, 0.3) is 0 Å². The monoisotopic (exact) mass is 479 g/mol. The maximum atomic E-state index is 12.9. The second-order valence-electron chi connectivity index (χ2n) is 9.12. The third kappa shape index (κ3) is 10.9. The van der Waals surface area contributed by atoms with Gasteiger partial charge in [-0.25, -0.2) is 0 Å². The minimum absolute atomic E-state index is 0.0598. The number of nitrogens with one attached hydrogen (secondary N) is 1. The standard InChI is InChI=1S/C28H40F3NO2/c1-3-4-5-6-7-8-9-10-18-34-26-16-14-23(15-17-26)19-22(2)32-21-27(33)24-12-11-13-25(20-24)28(29,30)31/h11-17,20,22,27,32-33H,3-10,18-19,21H2,1-2H3. The van der Waals surface area contributed by atoms with Crippen molar-refractivity contribution < 1.29 is 23.0 Å². The average molecular weight is 480 g/mol. The molecular formula is C28H40F3NO2. The molecule has 0 saturated heterocycles. The van der Waals surface area contributed by atoms with E-state index >= 15 is 0 Å². The molecule has 0 aliphatic heterocycles. The first-order valence-corrected chi connectivity index (χ1v) is 12.6. The zero-order valence-corrected chi connectivity index (χ0v) is 20.5. The second-order valence-corrected chi connectivity index (χ2v) is 9.12. The molecule has 2 rings (SSSR count). The molecule has 2 N–H and O–H groups in total. The summed E-state index contributed by atoms with van der Waals surface area (Å²) in [7, 11) is 0. The van der Waals surface area contributed by atoms with Crippen molar-refractivity contribution in [3.05, 3.63) is 65.2 Å². The van der Waals surface area contributed by atoms with E-state index in [4.69, 9.17) is 4.74 Å². The molecule has 0 bridgehead atoms. The van der Waals surface area contributed by atoms with Gasteiger partial charge in [-0.3, -0.25) is 0 Å². The number of hydrogen-bond donors (Lipinski definition) is 2. The van der Waals surface area contributed by atoms with E-state index in [9.17, 15) is 18.3 Å². The minimum atomic E-state index is -4.42. The Kier molecular flexibility index (Phi) is 12.5. The molecule has 0 heterocycles. The van der Waals surface area contributed by atoms with Crippen LogP contribution in [0.4, 0.5) is 13.2 Å². The molecule has 34 heavy (non-hydrogen) atoms. The van der Waals surface area contributed by atoms with Gasteiger partial charge in [-0.15, -0.1) is 0 Å². The van der Waals surface area contributed by atoms with Crippen LogP contribution in [0.25, 0.3) is 0 Å². The topological polar surface area (TPSA) is 41.5 Å². The lowest BCUT2D eigenvalue weighted by molar-refractivity contribution is -0.137. The number of ether oxygens (including phenoxy) is 1. The Morgan fingerprint density at radius 3 is 2.21 bits per heavy atom. The lowest BCUT2D eigenvalue weighted by Crippen LogP contribution is -2.32. The Hall–Kier alpha value is -2.05. The third-order valence-corrected chi connectivity index (χ3v) is 5.99. The molecule has 2 aromatic rings. The molecule has 0 radical (unpaired) electrons. The van der Waals surface area contributed by atoms with Crippen LogP contribution in [0.1, 0.15) is 88.0 Å². The Bertz CT molecular complexity index is 808. The van der Waals surface area contributed by atoms with Crippen LogP contribution < -0.4 is 10.1 Å². The van der Waals surface area contributed by atoms with Crippen LogP contribution in [0.2, 0.25) is 0 Å². The van der Waals surface area contributed by atoms with E-state index in [1.807, 2.05) is 31.2 Å². The number of rotatable bonds is 16. The highest BCUT2D eigenvalue weighted by Gasteiger charge is 2.30. The molecule has 3 nitrogen and oxygen atoms in total. The molecule has 2 unspecified atom stereocenters. The first-order chi connectivity index (χ1) is 16.3. The second kappa shape index (κ2) is 15.0. The summed E-state index contributed by atoms with van der Waals surface area (Å²) in [6.45, 7) is 5.15. The smallest absolute Gasteiger partial charge is 0.416 e. The summed E-state index contributed by atoms with van der Waals surface area (Å²) in [5, 5.41) is 13.5. The molecule has 0 amide bonds. The summed E-state index contributed by atoms with van der Waals surface area (Å²) in [5.74, 6) is 0.868. The molecule has 190 valence electrons. The highest BCUT2D eigenvalue weighted by molar-refractivity contribution is 5.28. The maximum absolute atomic E-state index is 12.9. The van der Waals surface area contributed by atoms with Crippen molar-refractivity contribution in [1.82, 2.24) is 5.32 Å². The highest BCUT2D eigenvalue weighted by Crippen LogP contribution is 2.30. The van der Waals surface area contributed by atoms with E-state index in [-0.39, 0.29) is 18.2 Å². The summed E-state index contributed by atoms with van der Waals surface area (Å²) in [5.41, 5.74) is 0.641. The zero-order chi connectivity index (χ0) is 24.8. The van der Waals surface area contributed by atoms with Crippen LogP contribution in [0.15, 0.2) is 48.5 Å². The van der Waals surface area contributed by atoms with Gasteiger partial charge in [0.05, 0.1) is 18.3 Å². The Morgan fingerprint density at radius 1 is 0.912 bits per heavy atom. The van der Waals surface area contributed by atoms with Crippen molar-refractivity contribution in [1.29, 1.82) is 0 Å². The Morgan fingerprint density at radius 2 is 1.56 bits per heavy atom. The first-order valence-electron chi connectivity index (χ1n) is 12.6. The van der Waals surface area contributed by atoms with Gasteiger partial charge in [-0.05, 0) is 55.2 Å². The summed E-state index contributed by atoms with van der Waals surface area (Å²) in [6.07, 6.45) is 5.52. The third-order valence-electron chi connectivity index (χ3n) is 5.99. The zero-order valence-electron chi connectivity index (χ0n) is 20.5. The number of aliphatic hydroxyl groups is 1. The largest absolute Gasteiger partial charge is 0.494 e. The quantitative estimate of drug-likeness (QED) is 0.245. The van der Waals surface area contributed by atoms with Crippen molar-refractivity contribution >= 4 is 0 Å². The number of alkyl halides is 3. The molecule has 0 spiro atoms. The molecular weight excluding hydrogens is 439 g/mol. The van der Waals surface area contributed by atoms with Gasteiger partial charge in [0.2, 0.25) is 0 Å². The first kappa shape index (κ1) is 28.2. The number of aliphatic hydroxyl groups excluding tert-OH is 1. The normalized spacial score (nSPS) is 13.6. The number of unbranched alkanes of at least 4 members (excludes halogenated alkanes) is 7. The van der Waals surface area contributed by atoms with Crippen LogP contribution >= 0.6 is 0 Å². The molecule has 0 aliphatic rings. The molecule has 6 heteroatoms. The van der Waals surface area contributed by atoms with Crippen LogP contribution in [0, 0.1) is 0 Å². The predicted molar refractivity (Wildman–Crippen MR) is 132 cm³/mol. The van der Waals surface area contributed by atoms with E-state index < -0.39 is 17.8 Å². The molecule has 0 aromatic heterocycles. The van der Waals surface area contributed by atoms with Crippen molar-refractivity contribution in [2.75, 3.05) is 13.2 Å². The highest BCUT2D eigenvalue weighted by atomic mass is 19.4. The fraction of sp³-hybridized carbons (Fsp3) is 0.571. The molecule has 0 fully saturated rings. The van der Waals surface area contributed by atoms with Crippen molar-refractivity contribution in [3.63, 3.8) is 0 Å². The van der Waals surface area contributed by atoms with E-state index in [2.05, 4.69) is 12.2 Å². The van der Waals surface area contributed by atoms with Crippen LogP contribution in [-0.2, 0) is 12.6 Å². The summed E-state index contributed by atoms with van der Waals surface area (Å²) in [4.78, 5) is 0. The van der Waals surface area contributed by atoms with Gasteiger partial charge >= 0.3 is 6.18 Å². The number of benzene rings is 2. The molecule has 0 aliphatic carbocycles. The lowest BCUT2D eigenvalue weighted by Gasteiger charge is -2.18. The SMILES string of the molecule is CCCCCCCCCCOc1ccc(CC(C)NCC(O)c2cccc(C(F)(F)F)c2)cc1. The fourth-order valence-electron chi connectivity index (χ4n) is 3.93. The number of halogens is 3. The van der Waals surface area contributed by atoms with Gasteiger partial charge in [0, 0.05) is 12.6 Å².